The second-order valence-electron chi connectivity index (χ2n) is 6.77. The summed E-state index contributed by atoms with van der Waals surface area (Å²) < 4.78 is 0. The van der Waals surface area contributed by atoms with E-state index in [4.69, 9.17) is 5.73 Å². The van der Waals surface area contributed by atoms with Crippen molar-refractivity contribution in [1.29, 1.82) is 0 Å². The van der Waals surface area contributed by atoms with Crippen LogP contribution in [0.4, 0.5) is 5.69 Å². The molecule has 0 bridgehead atoms. The van der Waals surface area contributed by atoms with Crippen LogP contribution in [0.25, 0.3) is 0 Å². The van der Waals surface area contributed by atoms with Gasteiger partial charge in [0, 0.05) is 24.8 Å². The number of nitrogens with zero attached hydrogens (tertiary/aromatic N) is 2. The molecule has 22 heavy (non-hydrogen) atoms. The summed E-state index contributed by atoms with van der Waals surface area (Å²) in [5.74, 6) is 0.941. The van der Waals surface area contributed by atoms with Crippen LogP contribution in [0, 0.1) is 5.92 Å². The highest BCUT2D eigenvalue weighted by atomic mass is 16.2. The number of carbonyl (C=O) groups is 1. The van der Waals surface area contributed by atoms with Crippen LogP contribution < -0.4 is 10.6 Å². The number of likely N-dealkylation sites (tertiary alicyclic amines) is 1. The van der Waals surface area contributed by atoms with Crippen molar-refractivity contribution >= 4 is 11.6 Å². The Bertz CT molecular complexity index is 531. The maximum Gasteiger partial charge on any atom is 0.241 e. The van der Waals surface area contributed by atoms with E-state index in [1.165, 1.54) is 12.0 Å². The van der Waals surface area contributed by atoms with Crippen LogP contribution in [0.3, 0.4) is 0 Å². The third-order valence-corrected chi connectivity index (χ3v) is 5.12. The average Bonchev–Trinajstić information content (AvgIpc) is 2.55. The van der Waals surface area contributed by atoms with Gasteiger partial charge in [-0.25, -0.2) is 0 Å². The largest absolute Gasteiger partial charge is 0.329 e. The molecule has 3 rings (SSSR count). The van der Waals surface area contributed by atoms with Gasteiger partial charge in [0.05, 0.1) is 6.54 Å². The number of carbonyl (C=O) groups excluding carboxylic acids is 1. The molecule has 1 fully saturated rings. The molecule has 4 nitrogen and oxygen atoms in total. The van der Waals surface area contributed by atoms with E-state index in [9.17, 15) is 4.79 Å². The molecular weight excluding hydrogens is 274 g/mol. The lowest BCUT2D eigenvalue weighted by Gasteiger charge is -2.39. The minimum absolute atomic E-state index is 0.222. The molecule has 1 saturated heterocycles. The van der Waals surface area contributed by atoms with Crippen molar-refractivity contribution in [2.45, 2.75) is 38.6 Å². The number of para-hydroxylation sites is 1. The molecule has 0 spiro atoms. The second-order valence-corrected chi connectivity index (χ2v) is 6.77. The molecule has 1 amide bonds. The zero-order valence-corrected chi connectivity index (χ0v) is 13.5. The van der Waals surface area contributed by atoms with Gasteiger partial charge in [0.25, 0.3) is 0 Å². The van der Waals surface area contributed by atoms with Gasteiger partial charge in [0.1, 0.15) is 0 Å². The van der Waals surface area contributed by atoms with Crippen molar-refractivity contribution in [1.82, 2.24) is 4.90 Å². The molecule has 0 aromatic heterocycles. The Morgan fingerprint density at radius 3 is 2.95 bits per heavy atom. The predicted octanol–water partition coefficient (Wildman–Crippen LogP) is 2.02. The lowest BCUT2D eigenvalue weighted by molar-refractivity contribution is -0.120. The van der Waals surface area contributed by atoms with Gasteiger partial charge in [-0.3, -0.25) is 9.69 Å². The van der Waals surface area contributed by atoms with Crippen LogP contribution in [0.15, 0.2) is 24.3 Å². The Labute approximate surface area is 133 Å². The Hall–Kier alpha value is -1.39. The van der Waals surface area contributed by atoms with E-state index in [-0.39, 0.29) is 5.91 Å². The fraction of sp³-hybridized carbons (Fsp3) is 0.611. The van der Waals surface area contributed by atoms with Gasteiger partial charge in [-0.1, -0.05) is 25.1 Å². The monoisotopic (exact) mass is 301 g/mol. The number of amides is 1. The molecule has 2 N–H and O–H groups in total. The molecule has 1 aromatic rings. The van der Waals surface area contributed by atoms with Gasteiger partial charge in [0.15, 0.2) is 0 Å². The first kappa shape index (κ1) is 15.5. The Balaban J connectivity index is 1.70. The quantitative estimate of drug-likeness (QED) is 0.929. The van der Waals surface area contributed by atoms with Gasteiger partial charge >= 0.3 is 0 Å². The van der Waals surface area contributed by atoms with Crippen LogP contribution >= 0.6 is 0 Å². The Morgan fingerprint density at radius 2 is 2.14 bits per heavy atom. The molecule has 4 heteroatoms. The van der Waals surface area contributed by atoms with Gasteiger partial charge in [-0.2, -0.15) is 0 Å². The zero-order valence-electron chi connectivity index (χ0n) is 13.5. The fourth-order valence-electron chi connectivity index (χ4n) is 3.81. The topological polar surface area (TPSA) is 49.6 Å². The Morgan fingerprint density at radius 1 is 1.32 bits per heavy atom. The summed E-state index contributed by atoms with van der Waals surface area (Å²) in [4.78, 5) is 17.1. The number of nitrogens with two attached hydrogens (primary N) is 1. The number of aryl methyl sites for hydroxylation is 1. The van der Waals surface area contributed by atoms with Crippen molar-refractivity contribution in [2.24, 2.45) is 11.7 Å². The number of fused-ring (bicyclic) bond motifs is 1. The molecule has 2 unspecified atom stereocenters. The fourth-order valence-corrected chi connectivity index (χ4v) is 3.81. The van der Waals surface area contributed by atoms with Crippen LogP contribution in [-0.2, 0) is 11.2 Å². The van der Waals surface area contributed by atoms with Crippen LogP contribution in [-0.4, -0.2) is 43.0 Å². The third kappa shape index (κ3) is 3.18. The van der Waals surface area contributed by atoms with Crippen molar-refractivity contribution in [3.63, 3.8) is 0 Å². The lowest BCUT2D eigenvalue weighted by Crippen LogP contribution is -2.51. The van der Waals surface area contributed by atoms with E-state index in [0.29, 0.717) is 19.1 Å². The van der Waals surface area contributed by atoms with E-state index < -0.39 is 0 Å². The highest BCUT2D eigenvalue weighted by molar-refractivity contribution is 5.96. The summed E-state index contributed by atoms with van der Waals surface area (Å²) in [7, 11) is 0. The summed E-state index contributed by atoms with van der Waals surface area (Å²) >= 11 is 0. The second kappa shape index (κ2) is 6.80. The number of anilines is 1. The average molecular weight is 301 g/mol. The van der Waals surface area contributed by atoms with Crippen molar-refractivity contribution in [3.05, 3.63) is 29.8 Å². The summed E-state index contributed by atoms with van der Waals surface area (Å²) in [6.45, 7) is 5.26. The summed E-state index contributed by atoms with van der Waals surface area (Å²) in [5, 5.41) is 0. The van der Waals surface area contributed by atoms with Crippen LogP contribution in [0.1, 0.15) is 31.7 Å². The molecule has 0 saturated carbocycles. The minimum Gasteiger partial charge on any atom is -0.329 e. The molecule has 0 radical (unpaired) electrons. The normalized spacial score (nSPS) is 25.8. The third-order valence-electron chi connectivity index (χ3n) is 5.12. The molecular formula is C18H27N3O. The molecule has 2 aliphatic heterocycles. The van der Waals surface area contributed by atoms with E-state index >= 15 is 0 Å². The first-order valence-electron chi connectivity index (χ1n) is 8.51. The highest BCUT2D eigenvalue weighted by Gasteiger charge is 2.29. The van der Waals surface area contributed by atoms with Gasteiger partial charge in [0.2, 0.25) is 5.91 Å². The highest BCUT2D eigenvalue weighted by Crippen LogP contribution is 2.28. The molecule has 2 heterocycles. The van der Waals surface area contributed by atoms with Gasteiger partial charge in [-0.05, 0) is 49.8 Å². The van der Waals surface area contributed by atoms with Crippen molar-refractivity contribution in [3.8, 4) is 0 Å². The van der Waals surface area contributed by atoms with Crippen LogP contribution in [0.5, 0.6) is 0 Å². The standard InChI is InChI=1S/C18H27N3O/c1-14-8-10-20(16(11-14)12-19)13-18(22)21-9-4-6-15-5-2-3-7-17(15)21/h2-3,5,7,14,16H,4,6,8-13,19H2,1H3. The number of hydrogen-bond donors (Lipinski definition) is 1. The first-order chi connectivity index (χ1) is 10.7. The summed E-state index contributed by atoms with van der Waals surface area (Å²) in [6.07, 6.45) is 4.41. The van der Waals surface area contributed by atoms with E-state index in [0.717, 1.165) is 44.0 Å². The van der Waals surface area contributed by atoms with E-state index in [1.807, 2.05) is 11.0 Å². The molecule has 120 valence electrons. The van der Waals surface area contributed by atoms with Crippen molar-refractivity contribution < 1.29 is 4.79 Å². The molecule has 0 aliphatic carbocycles. The van der Waals surface area contributed by atoms with Crippen LogP contribution in [0.2, 0.25) is 0 Å². The smallest absolute Gasteiger partial charge is 0.241 e. The van der Waals surface area contributed by atoms with E-state index in [2.05, 4.69) is 30.0 Å². The number of benzene rings is 1. The van der Waals surface area contributed by atoms with Gasteiger partial charge in [-0.15, -0.1) is 0 Å². The first-order valence-corrected chi connectivity index (χ1v) is 8.51. The molecule has 2 aliphatic rings. The van der Waals surface area contributed by atoms with Gasteiger partial charge < -0.3 is 10.6 Å². The minimum atomic E-state index is 0.222. The number of piperidine rings is 1. The lowest BCUT2D eigenvalue weighted by atomic mass is 9.92. The summed E-state index contributed by atoms with van der Waals surface area (Å²) in [6, 6.07) is 8.65. The maximum atomic E-state index is 12.8. The predicted molar refractivity (Wildman–Crippen MR) is 89.9 cm³/mol. The molecule has 2 atom stereocenters. The van der Waals surface area contributed by atoms with Crippen molar-refractivity contribution in [2.75, 3.05) is 31.1 Å². The SMILES string of the molecule is CC1CCN(CC(=O)N2CCCc3ccccc32)C(CN)C1. The zero-order chi connectivity index (χ0) is 15.5. The summed E-state index contributed by atoms with van der Waals surface area (Å²) in [5.41, 5.74) is 8.32. The number of rotatable bonds is 3. The maximum absolute atomic E-state index is 12.8. The Kier molecular flexibility index (Phi) is 4.79. The molecule has 1 aromatic carbocycles. The van der Waals surface area contributed by atoms with E-state index in [1.54, 1.807) is 0 Å². The number of hydrogen-bond acceptors (Lipinski definition) is 3.